The third-order valence-corrected chi connectivity index (χ3v) is 5.48. The molecule has 0 spiro atoms. The molecule has 0 saturated carbocycles. The van der Waals surface area contributed by atoms with E-state index in [-0.39, 0.29) is 11.8 Å². The summed E-state index contributed by atoms with van der Waals surface area (Å²) in [5.74, 6) is 0.582. The van der Waals surface area contributed by atoms with Crippen molar-refractivity contribution in [1.82, 2.24) is 14.7 Å². The van der Waals surface area contributed by atoms with Crippen molar-refractivity contribution in [3.8, 4) is 0 Å². The lowest BCUT2D eigenvalue weighted by atomic mass is 9.97. The number of likely N-dealkylation sites (tertiary alicyclic amines) is 2. The largest absolute Gasteiger partial charge is 0.379 e. The molecule has 3 rings (SSSR count). The first kappa shape index (κ1) is 16.5. The van der Waals surface area contributed by atoms with Crippen LogP contribution in [0.15, 0.2) is 0 Å². The minimum Gasteiger partial charge on any atom is -0.379 e. The van der Waals surface area contributed by atoms with Gasteiger partial charge < -0.3 is 20.3 Å². The summed E-state index contributed by atoms with van der Waals surface area (Å²) in [6.45, 7) is 8.46. The third-order valence-electron chi connectivity index (χ3n) is 5.48. The van der Waals surface area contributed by atoms with Crippen LogP contribution in [0.25, 0.3) is 0 Å². The van der Waals surface area contributed by atoms with Crippen molar-refractivity contribution in [3.05, 3.63) is 0 Å². The van der Waals surface area contributed by atoms with E-state index in [1.165, 1.54) is 0 Å². The summed E-state index contributed by atoms with van der Waals surface area (Å²) in [7, 11) is 0. The molecule has 3 aliphatic rings. The number of amides is 3. The van der Waals surface area contributed by atoms with Gasteiger partial charge in [0.25, 0.3) is 0 Å². The number of hydrogen-bond donors (Lipinski definition) is 1. The van der Waals surface area contributed by atoms with Gasteiger partial charge in [-0.1, -0.05) is 6.92 Å². The highest BCUT2D eigenvalue weighted by atomic mass is 16.5. The average Bonchev–Trinajstić information content (AvgIpc) is 2.97. The Bertz CT molecular complexity index is 453. The van der Waals surface area contributed by atoms with Gasteiger partial charge in [0.2, 0.25) is 5.91 Å². The number of nitrogens with two attached hydrogens (primary N) is 1. The minimum atomic E-state index is -0.413. The van der Waals surface area contributed by atoms with Crippen LogP contribution in [0.5, 0.6) is 0 Å². The van der Waals surface area contributed by atoms with Crippen LogP contribution in [0.2, 0.25) is 0 Å². The van der Waals surface area contributed by atoms with Crippen LogP contribution in [-0.2, 0) is 9.53 Å². The predicted octanol–water partition coefficient (Wildman–Crippen LogP) is -0.0438. The SMILES string of the molecule is C[C@@H]1CN(C(=O)[C@@H]2CCCN(C(N)=O)C2)C[C@@H]1N1CCOCC1. The van der Waals surface area contributed by atoms with Gasteiger partial charge in [0.15, 0.2) is 0 Å². The standard InChI is InChI=1S/C16H28N4O3/c1-12-9-20(11-14(12)18-5-7-23-8-6-18)15(21)13-3-2-4-19(10-13)16(17)22/h12-14H,2-11H2,1H3,(H2,17,22)/t12-,13-,14+/m1/s1. The Hall–Kier alpha value is -1.34. The summed E-state index contributed by atoms with van der Waals surface area (Å²) in [6.07, 6.45) is 1.71. The second-order valence-corrected chi connectivity index (χ2v) is 7.06. The second-order valence-electron chi connectivity index (χ2n) is 7.06. The minimum absolute atomic E-state index is 0.0908. The van der Waals surface area contributed by atoms with Crippen LogP contribution in [-0.4, -0.2) is 85.2 Å². The zero-order valence-corrected chi connectivity index (χ0v) is 13.9. The van der Waals surface area contributed by atoms with Gasteiger partial charge in [0, 0.05) is 45.3 Å². The fourth-order valence-electron chi connectivity index (χ4n) is 4.15. The van der Waals surface area contributed by atoms with Crippen LogP contribution in [0.3, 0.4) is 0 Å². The molecule has 3 amide bonds. The third kappa shape index (κ3) is 3.61. The van der Waals surface area contributed by atoms with E-state index in [4.69, 9.17) is 10.5 Å². The zero-order valence-electron chi connectivity index (χ0n) is 13.9. The molecule has 0 aliphatic carbocycles. The van der Waals surface area contributed by atoms with Gasteiger partial charge in [-0.05, 0) is 18.8 Å². The Morgan fingerprint density at radius 3 is 2.48 bits per heavy atom. The zero-order chi connectivity index (χ0) is 16.4. The molecular formula is C16H28N4O3. The fraction of sp³-hybridized carbons (Fsp3) is 0.875. The van der Waals surface area contributed by atoms with Crippen LogP contribution < -0.4 is 5.73 Å². The summed E-state index contributed by atoms with van der Waals surface area (Å²) in [6, 6.07) is 0.0159. The summed E-state index contributed by atoms with van der Waals surface area (Å²) in [4.78, 5) is 30.3. The molecule has 0 radical (unpaired) electrons. The highest BCUT2D eigenvalue weighted by Crippen LogP contribution is 2.26. The maximum absolute atomic E-state index is 12.8. The predicted molar refractivity (Wildman–Crippen MR) is 85.8 cm³/mol. The number of urea groups is 1. The van der Waals surface area contributed by atoms with E-state index in [9.17, 15) is 9.59 Å². The number of morpholine rings is 1. The molecule has 3 atom stereocenters. The summed E-state index contributed by atoms with van der Waals surface area (Å²) in [5.41, 5.74) is 5.37. The molecule has 0 aromatic rings. The lowest BCUT2D eigenvalue weighted by molar-refractivity contribution is -0.136. The van der Waals surface area contributed by atoms with Crippen LogP contribution in [0, 0.1) is 11.8 Å². The maximum atomic E-state index is 12.8. The quantitative estimate of drug-likeness (QED) is 0.773. The molecule has 3 saturated heterocycles. The van der Waals surface area contributed by atoms with Gasteiger partial charge in [-0.3, -0.25) is 9.69 Å². The van der Waals surface area contributed by atoms with Crippen molar-refractivity contribution < 1.29 is 14.3 Å². The topological polar surface area (TPSA) is 79.1 Å². The Kier molecular flexibility index (Phi) is 5.06. The molecule has 3 fully saturated rings. The normalized spacial score (nSPS) is 33.0. The summed E-state index contributed by atoms with van der Waals surface area (Å²) in [5, 5.41) is 0. The van der Waals surface area contributed by atoms with Crippen LogP contribution >= 0.6 is 0 Å². The van der Waals surface area contributed by atoms with Crippen molar-refractivity contribution in [2.24, 2.45) is 17.6 Å². The number of ether oxygens (including phenoxy) is 1. The lowest BCUT2D eigenvalue weighted by Crippen LogP contribution is -2.49. The van der Waals surface area contributed by atoms with Crippen molar-refractivity contribution in [3.63, 3.8) is 0 Å². The van der Waals surface area contributed by atoms with Gasteiger partial charge in [-0.25, -0.2) is 4.79 Å². The first-order valence-electron chi connectivity index (χ1n) is 8.71. The number of carbonyl (C=O) groups excluding carboxylic acids is 2. The Morgan fingerprint density at radius 1 is 1.04 bits per heavy atom. The van der Waals surface area contributed by atoms with E-state index in [0.717, 1.165) is 52.2 Å². The van der Waals surface area contributed by atoms with Gasteiger partial charge in [0.1, 0.15) is 0 Å². The summed E-state index contributed by atoms with van der Waals surface area (Å²) >= 11 is 0. The molecule has 0 unspecified atom stereocenters. The number of rotatable bonds is 2. The van der Waals surface area contributed by atoms with E-state index >= 15 is 0 Å². The number of carbonyl (C=O) groups is 2. The molecular weight excluding hydrogens is 296 g/mol. The molecule has 3 heterocycles. The van der Waals surface area contributed by atoms with Crippen molar-refractivity contribution in [1.29, 1.82) is 0 Å². The second kappa shape index (κ2) is 7.05. The molecule has 7 heteroatoms. The number of primary amides is 1. The molecule has 23 heavy (non-hydrogen) atoms. The van der Waals surface area contributed by atoms with Gasteiger partial charge >= 0.3 is 6.03 Å². The number of hydrogen-bond acceptors (Lipinski definition) is 4. The molecule has 2 N–H and O–H groups in total. The van der Waals surface area contributed by atoms with E-state index in [1.807, 2.05) is 4.90 Å². The van der Waals surface area contributed by atoms with E-state index in [2.05, 4.69) is 11.8 Å². The first-order valence-corrected chi connectivity index (χ1v) is 8.71. The van der Waals surface area contributed by atoms with E-state index < -0.39 is 6.03 Å². The van der Waals surface area contributed by atoms with Crippen LogP contribution in [0.4, 0.5) is 4.79 Å². The maximum Gasteiger partial charge on any atom is 0.314 e. The summed E-state index contributed by atoms with van der Waals surface area (Å²) < 4.78 is 5.43. The van der Waals surface area contributed by atoms with Gasteiger partial charge in [-0.15, -0.1) is 0 Å². The van der Waals surface area contributed by atoms with E-state index in [1.54, 1.807) is 4.90 Å². The van der Waals surface area contributed by atoms with E-state index in [0.29, 0.717) is 25.0 Å². The molecule has 130 valence electrons. The van der Waals surface area contributed by atoms with Gasteiger partial charge in [0.05, 0.1) is 19.1 Å². The smallest absolute Gasteiger partial charge is 0.314 e. The van der Waals surface area contributed by atoms with Crippen molar-refractivity contribution >= 4 is 11.9 Å². The molecule has 0 aromatic carbocycles. The first-order chi connectivity index (χ1) is 11.1. The molecule has 0 bridgehead atoms. The fourth-order valence-corrected chi connectivity index (χ4v) is 4.15. The highest BCUT2D eigenvalue weighted by Gasteiger charge is 2.39. The Balaban J connectivity index is 1.58. The monoisotopic (exact) mass is 324 g/mol. The van der Waals surface area contributed by atoms with Gasteiger partial charge in [-0.2, -0.15) is 0 Å². The number of nitrogens with zero attached hydrogens (tertiary/aromatic N) is 3. The Labute approximate surface area is 137 Å². The van der Waals surface area contributed by atoms with Crippen molar-refractivity contribution in [2.75, 3.05) is 52.5 Å². The molecule has 7 nitrogen and oxygen atoms in total. The van der Waals surface area contributed by atoms with Crippen LogP contribution in [0.1, 0.15) is 19.8 Å². The Morgan fingerprint density at radius 2 is 1.78 bits per heavy atom. The highest BCUT2D eigenvalue weighted by molar-refractivity contribution is 5.81. The number of piperidine rings is 1. The molecule has 0 aromatic heterocycles. The molecule has 3 aliphatic heterocycles. The lowest BCUT2D eigenvalue weighted by Gasteiger charge is -2.35. The average molecular weight is 324 g/mol. The van der Waals surface area contributed by atoms with Crippen molar-refractivity contribution in [2.45, 2.75) is 25.8 Å².